The molecule has 1 aromatic rings. The molecule has 2 unspecified atom stereocenters. The molecule has 2 saturated heterocycles. The highest BCUT2D eigenvalue weighted by Crippen LogP contribution is 2.37. The number of hydrogen-bond donors (Lipinski definition) is 0. The first-order valence-corrected chi connectivity index (χ1v) is 6.56. The second-order valence-corrected chi connectivity index (χ2v) is 5.24. The van der Waals surface area contributed by atoms with Gasteiger partial charge in [-0.1, -0.05) is 0 Å². The highest BCUT2D eigenvalue weighted by molar-refractivity contribution is 5.98. The van der Waals surface area contributed by atoms with Crippen LogP contribution < -0.4 is 0 Å². The van der Waals surface area contributed by atoms with Gasteiger partial charge in [-0.3, -0.25) is 9.78 Å². The van der Waals surface area contributed by atoms with E-state index in [2.05, 4.69) is 4.98 Å². The highest BCUT2D eigenvalue weighted by atomic mass is 19.1. The largest absolute Gasteiger partial charge is 0.378 e. The maximum atomic E-state index is 13.6. The van der Waals surface area contributed by atoms with Crippen LogP contribution in [0.5, 0.6) is 0 Å². The van der Waals surface area contributed by atoms with E-state index in [0.29, 0.717) is 32.7 Å². The lowest BCUT2D eigenvalue weighted by molar-refractivity contribution is -0.0921. The predicted molar refractivity (Wildman–Crippen MR) is 65.4 cm³/mol. The monoisotopic (exact) mass is 265 g/mol. The first kappa shape index (κ1) is 12.7. The number of ketones is 1. The average molecular weight is 265 g/mol. The molecule has 2 aliphatic heterocycles. The third kappa shape index (κ3) is 2.40. The number of Topliss-reactive ketones (excluding diaryl/α,β-unsaturated/α-hetero) is 1. The van der Waals surface area contributed by atoms with Gasteiger partial charge in [0.25, 0.3) is 0 Å². The number of hydrogen-bond acceptors (Lipinski definition) is 4. The number of halogens is 1. The fourth-order valence-corrected chi connectivity index (χ4v) is 2.91. The lowest BCUT2D eigenvalue weighted by atomic mass is 9.81. The standard InChI is InChI=1S/C14H16FNO3/c15-12-8-16-4-1-11(12)13(17)10-2-5-19-14(7-10)3-6-18-9-14/h1,4,8,10H,2-3,5-7,9H2. The molecule has 2 fully saturated rings. The van der Waals surface area contributed by atoms with Crippen molar-refractivity contribution in [1.82, 2.24) is 4.98 Å². The molecule has 2 aliphatic rings. The van der Waals surface area contributed by atoms with Crippen molar-refractivity contribution in [2.24, 2.45) is 5.92 Å². The highest BCUT2D eigenvalue weighted by Gasteiger charge is 2.43. The fourth-order valence-electron chi connectivity index (χ4n) is 2.91. The second-order valence-electron chi connectivity index (χ2n) is 5.24. The molecule has 3 heterocycles. The van der Waals surface area contributed by atoms with Crippen LogP contribution in [0.1, 0.15) is 29.6 Å². The molecule has 0 radical (unpaired) electrons. The molecule has 102 valence electrons. The van der Waals surface area contributed by atoms with Crippen LogP contribution in [0.3, 0.4) is 0 Å². The topological polar surface area (TPSA) is 48.4 Å². The first-order chi connectivity index (χ1) is 9.20. The fraction of sp³-hybridized carbons (Fsp3) is 0.571. The van der Waals surface area contributed by atoms with Crippen LogP contribution >= 0.6 is 0 Å². The molecule has 0 bridgehead atoms. The maximum absolute atomic E-state index is 13.6. The SMILES string of the molecule is O=C(c1ccncc1F)C1CCOC2(CCOC2)C1. The molecular formula is C14H16FNO3. The zero-order valence-corrected chi connectivity index (χ0v) is 10.6. The first-order valence-electron chi connectivity index (χ1n) is 6.56. The van der Waals surface area contributed by atoms with Gasteiger partial charge in [-0.25, -0.2) is 4.39 Å². The number of carbonyl (C=O) groups is 1. The average Bonchev–Trinajstić information content (AvgIpc) is 2.86. The number of pyridine rings is 1. The summed E-state index contributed by atoms with van der Waals surface area (Å²) in [6.07, 6.45) is 4.61. The van der Waals surface area contributed by atoms with E-state index >= 15 is 0 Å². The Labute approximate surface area is 110 Å². The third-order valence-electron chi connectivity index (χ3n) is 3.97. The smallest absolute Gasteiger partial charge is 0.169 e. The summed E-state index contributed by atoms with van der Waals surface area (Å²) in [4.78, 5) is 16.1. The van der Waals surface area contributed by atoms with Crippen LogP contribution in [-0.4, -0.2) is 36.2 Å². The van der Waals surface area contributed by atoms with Crippen molar-refractivity contribution in [2.45, 2.75) is 24.9 Å². The Morgan fingerprint density at radius 1 is 1.47 bits per heavy atom. The van der Waals surface area contributed by atoms with E-state index in [1.807, 2.05) is 0 Å². The molecule has 19 heavy (non-hydrogen) atoms. The second kappa shape index (κ2) is 4.98. The van der Waals surface area contributed by atoms with Gasteiger partial charge in [-0.2, -0.15) is 0 Å². The van der Waals surface area contributed by atoms with Gasteiger partial charge in [-0.05, 0) is 18.9 Å². The number of rotatable bonds is 2. The third-order valence-corrected chi connectivity index (χ3v) is 3.97. The van der Waals surface area contributed by atoms with Gasteiger partial charge in [0, 0.05) is 31.7 Å². The number of aromatic nitrogens is 1. The van der Waals surface area contributed by atoms with Gasteiger partial charge in [0.2, 0.25) is 0 Å². The van der Waals surface area contributed by atoms with Crippen LogP contribution in [0.25, 0.3) is 0 Å². The molecule has 1 aromatic heterocycles. The minimum atomic E-state index is -0.546. The van der Waals surface area contributed by atoms with Gasteiger partial charge in [-0.15, -0.1) is 0 Å². The van der Waals surface area contributed by atoms with Gasteiger partial charge >= 0.3 is 0 Å². The van der Waals surface area contributed by atoms with Crippen LogP contribution in [0.15, 0.2) is 18.5 Å². The molecular weight excluding hydrogens is 249 g/mol. The van der Waals surface area contributed by atoms with E-state index in [4.69, 9.17) is 9.47 Å². The van der Waals surface area contributed by atoms with E-state index in [1.165, 1.54) is 12.3 Å². The Hall–Kier alpha value is -1.33. The Morgan fingerprint density at radius 2 is 2.37 bits per heavy atom. The molecule has 2 atom stereocenters. The van der Waals surface area contributed by atoms with Gasteiger partial charge in [0.15, 0.2) is 11.6 Å². The lowest BCUT2D eigenvalue weighted by Gasteiger charge is -2.36. The number of carbonyl (C=O) groups excluding carboxylic acids is 1. The van der Waals surface area contributed by atoms with Crippen LogP contribution in [0.2, 0.25) is 0 Å². The lowest BCUT2D eigenvalue weighted by Crippen LogP contribution is -2.42. The van der Waals surface area contributed by atoms with E-state index in [-0.39, 0.29) is 22.9 Å². The van der Waals surface area contributed by atoms with Crippen molar-refractivity contribution < 1.29 is 18.7 Å². The van der Waals surface area contributed by atoms with Crippen molar-refractivity contribution in [1.29, 1.82) is 0 Å². The van der Waals surface area contributed by atoms with Crippen LogP contribution in [-0.2, 0) is 9.47 Å². The summed E-state index contributed by atoms with van der Waals surface area (Å²) in [5.74, 6) is -0.877. The molecule has 5 heteroatoms. The van der Waals surface area contributed by atoms with Crippen molar-refractivity contribution in [3.05, 3.63) is 29.8 Å². The van der Waals surface area contributed by atoms with Gasteiger partial charge < -0.3 is 9.47 Å². The summed E-state index contributed by atoms with van der Waals surface area (Å²) in [6, 6.07) is 1.45. The quantitative estimate of drug-likeness (QED) is 0.767. The minimum absolute atomic E-state index is 0.135. The Kier molecular flexibility index (Phi) is 3.33. The zero-order chi connectivity index (χ0) is 13.3. The Balaban J connectivity index is 1.78. The normalized spacial score (nSPS) is 30.7. The van der Waals surface area contributed by atoms with Gasteiger partial charge in [0.05, 0.1) is 24.0 Å². The summed E-state index contributed by atoms with van der Waals surface area (Å²) in [7, 11) is 0. The van der Waals surface area contributed by atoms with E-state index in [1.54, 1.807) is 0 Å². The summed E-state index contributed by atoms with van der Waals surface area (Å²) in [5.41, 5.74) is -0.196. The summed E-state index contributed by atoms with van der Waals surface area (Å²) >= 11 is 0. The summed E-state index contributed by atoms with van der Waals surface area (Å²) in [6.45, 7) is 1.74. The number of nitrogens with zero attached hydrogens (tertiary/aromatic N) is 1. The summed E-state index contributed by atoms with van der Waals surface area (Å²) in [5, 5.41) is 0. The maximum Gasteiger partial charge on any atom is 0.169 e. The Morgan fingerprint density at radius 3 is 3.11 bits per heavy atom. The van der Waals surface area contributed by atoms with Crippen molar-refractivity contribution in [2.75, 3.05) is 19.8 Å². The van der Waals surface area contributed by atoms with Crippen molar-refractivity contribution >= 4 is 5.78 Å². The zero-order valence-electron chi connectivity index (χ0n) is 10.6. The molecule has 0 aromatic carbocycles. The van der Waals surface area contributed by atoms with Crippen molar-refractivity contribution in [3.63, 3.8) is 0 Å². The van der Waals surface area contributed by atoms with E-state index in [9.17, 15) is 9.18 Å². The van der Waals surface area contributed by atoms with Crippen LogP contribution in [0.4, 0.5) is 4.39 Å². The molecule has 4 nitrogen and oxygen atoms in total. The van der Waals surface area contributed by atoms with Crippen LogP contribution in [0, 0.1) is 11.7 Å². The molecule has 1 spiro atoms. The van der Waals surface area contributed by atoms with Gasteiger partial charge in [0.1, 0.15) is 0 Å². The molecule has 0 amide bonds. The summed E-state index contributed by atoms with van der Waals surface area (Å²) < 4.78 is 24.8. The molecule has 0 N–H and O–H groups in total. The minimum Gasteiger partial charge on any atom is -0.378 e. The van der Waals surface area contributed by atoms with E-state index in [0.717, 1.165) is 12.6 Å². The molecule has 3 rings (SSSR count). The Bertz CT molecular complexity index is 485. The van der Waals surface area contributed by atoms with Crippen molar-refractivity contribution in [3.8, 4) is 0 Å². The molecule has 0 saturated carbocycles. The molecule has 0 aliphatic carbocycles. The van der Waals surface area contributed by atoms with E-state index < -0.39 is 5.82 Å². The number of ether oxygens (including phenoxy) is 2. The predicted octanol–water partition coefficient (Wildman–Crippen LogP) is 1.99.